The molecule has 0 saturated heterocycles. The molecule has 1 aromatic carbocycles. The van der Waals surface area contributed by atoms with Crippen LogP contribution in [0.1, 0.15) is 0 Å². The van der Waals surface area contributed by atoms with Crippen LogP contribution in [0.15, 0.2) is 45.5 Å². The van der Waals surface area contributed by atoms with Gasteiger partial charge in [-0.25, -0.2) is 17.6 Å². The van der Waals surface area contributed by atoms with Crippen LogP contribution in [0.2, 0.25) is 0 Å². The highest BCUT2D eigenvalue weighted by atomic mass is 127. The molecule has 0 atom stereocenters. The summed E-state index contributed by atoms with van der Waals surface area (Å²) in [6, 6.07) is 4.34. The Morgan fingerprint density at radius 3 is 0.808 bits per heavy atom. The Kier molecular flexibility index (Phi) is 18.7. The Morgan fingerprint density at radius 2 is 0.596 bits per heavy atom. The molecule has 268 valence electrons. The third-order valence-corrected chi connectivity index (χ3v) is 31.0. The summed E-state index contributed by atoms with van der Waals surface area (Å²) in [4.78, 5) is 0. The number of hydrogen-bond donors (Lipinski definition) is 0. The Bertz CT molecular complexity index is 1970. The molecule has 0 amide bonds. The van der Waals surface area contributed by atoms with Crippen LogP contribution in [0.4, 0.5) is 17.6 Å². The summed E-state index contributed by atoms with van der Waals surface area (Å²) in [7, 11) is 0. The van der Waals surface area contributed by atoms with E-state index in [0.717, 1.165) is 24.3 Å². The second-order valence-corrected chi connectivity index (χ2v) is 30.7. The topological polar surface area (TPSA) is 95.2 Å². The molecular formula is C28H8F4I4N4S12. The van der Waals surface area contributed by atoms with Crippen LogP contribution in [-0.4, -0.2) is 23.0 Å². The maximum Gasteiger partial charge on any atom is 0.171 e. The van der Waals surface area contributed by atoms with Gasteiger partial charge < -0.3 is 0 Å². The minimum Gasteiger partial charge on any atom is -0.203 e. The molecule has 7 rings (SSSR count). The zero-order chi connectivity index (χ0) is 37.7. The first-order valence-corrected chi connectivity index (χ1v) is 27.9. The van der Waals surface area contributed by atoms with Crippen molar-refractivity contribution in [1.29, 1.82) is 21.0 Å². The molecule has 0 aliphatic carbocycles. The molecule has 0 bridgehead atoms. The van der Waals surface area contributed by atoms with Crippen molar-refractivity contribution in [2.75, 3.05) is 23.0 Å². The Morgan fingerprint density at radius 1 is 0.385 bits per heavy atom. The van der Waals surface area contributed by atoms with Crippen LogP contribution in [0.3, 0.4) is 0 Å². The summed E-state index contributed by atoms with van der Waals surface area (Å²) in [6.07, 6.45) is 0. The van der Waals surface area contributed by atoms with Gasteiger partial charge in [0.15, 0.2) is 23.3 Å². The van der Waals surface area contributed by atoms with Crippen molar-refractivity contribution < 1.29 is 17.6 Å². The highest BCUT2D eigenvalue weighted by molar-refractivity contribution is 14.1. The largest absolute Gasteiger partial charge is 0.203 e. The molecule has 6 aliphatic heterocycles. The quantitative estimate of drug-likeness (QED) is 0.140. The molecule has 52 heavy (non-hydrogen) atoms. The third-order valence-electron chi connectivity index (χ3n) is 5.76. The summed E-state index contributed by atoms with van der Waals surface area (Å²) in [6.45, 7) is 0. The Hall–Kier alpha value is 2.20. The van der Waals surface area contributed by atoms with Crippen LogP contribution in [-0.2, 0) is 0 Å². The predicted molar refractivity (Wildman–Crippen MR) is 264 cm³/mol. The van der Waals surface area contributed by atoms with Gasteiger partial charge in [0.25, 0.3) is 0 Å². The summed E-state index contributed by atoms with van der Waals surface area (Å²) in [5, 5.41) is 31.0. The highest BCUT2D eigenvalue weighted by Crippen LogP contribution is 2.67. The van der Waals surface area contributed by atoms with Gasteiger partial charge in [0.05, 0.1) is 56.0 Å². The smallest absolute Gasteiger partial charge is 0.171 e. The van der Waals surface area contributed by atoms with Gasteiger partial charge >= 0.3 is 0 Å². The van der Waals surface area contributed by atoms with E-state index in [4.69, 9.17) is 21.0 Å². The molecular weight excluding hydrogens is 1360 g/mol. The summed E-state index contributed by atoms with van der Waals surface area (Å²) in [5.74, 6) is -3.03. The van der Waals surface area contributed by atoms with E-state index in [1.165, 1.54) is 51.6 Å². The zero-order valence-corrected chi connectivity index (χ0v) is 43.0. The molecule has 0 unspecified atom stereocenters. The van der Waals surface area contributed by atoms with E-state index in [0.29, 0.717) is 0 Å². The molecule has 0 saturated carbocycles. The molecule has 1 aromatic rings. The molecule has 0 N–H and O–H groups in total. The van der Waals surface area contributed by atoms with Gasteiger partial charge in [-0.15, -0.1) is 47.0 Å². The summed E-state index contributed by atoms with van der Waals surface area (Å²) >= 11 is 33.5. The first-order chi connectivity index (χ1) is 24.9. The van der Waals surface area contributed by atoms with Crippen molar-refractivity contribution in [3.63, 3.8) is 0 Å². The molecule has 6 aliphatic rings. The number of halogens is 8. The minimum atomic E-state index is -2.03. The maximum absolute atomic E-state index is 13.6. The first-order valence-electron chi connectivity index (χ1n) is 13.1. The van der Waals surface area contributed by atoms with Crippen LogP contribution in [0.25, 0.3) is 11.1 Å². The lowest BCUT2D eigenvalue weighted by atomic mass is 10.1. The van der Waals surface area contributed by atoms with Crippen molar-refractivity contribution in [1.82, 2.24) is 0 Å². The predicted octanol–water partition coefficient (Wildman–Crippen LogP) is 14.0. The number of thioether (sulfide) groups is 12. The molecule has 4 nitrogen and oxygen atoms in total. The minimum absolute atomic E-state index is 1.09. The molecule has 0 radical (unpaired) electrons. The Balaban J connectivity index is 0.000000152. The normalized spacial score (nSPS) is 19.3. The summed E-state index contributed by atoms with van der Waals surface area (Å²) in [5.41, 5.74) is -2.36. The average Bonchev–Trinajstić information content (AvgIpc) is 3.93. The number of rotatable bonds is 0. The molecule has 0 fully saturated rings. The van der Waals surface area contributed by atoms with Crippen LogP contribution in [0.5, 0.6) is 0 Å². The van der Waals surface area contributed by atoms with E-state index in [9.17, 15) is 17.6 Å². The fraction of sp³-hybridized carbons (Fsp3) is 0.143. The van der Waals surface area contributed by atoms with E-state index in [1.54, 1.807) is 16.9 Å². The lowest BCUT2D eigenvalue weighted by molar-refractivity contribution is 0.434. The van der Waals surface area contributed by atoms with Crippen LogP contribution < -0.4 is 10.4 Å². The van der Waals surface area contributed by atoms with Gasteiger partial charge in [0.2, 0.25) is 0 Å². The number of nitriles is 4. The first kappa shape index (κ1) is 45.3. The fourth-order valence-corrected chi connectivity index (χ4v) is 25.7. The monoisotopic (exact) mass is 1370 g/mol. The fourth-order valence-electron chi connectivity index (χ4n) is 3.64. The van der Waals surface area contributed by atoms with Crippen LogP contribution in [0, 0.1) is 68.6 Å². The lowest BCUT2D eigenvalue weighted by Crippen LogP contribution is -2.31. The maximum atomic E-state index is 13.6. The van der Waals surface area contributed by atoms with E-state index >= 15 is 0 Å². The zero-order valence-electron chi connectivity index (χ0n) is 24.5. The number of hydrogen-bond acceptors (Lipinski definition) is 16. The van der Waals surface area contributed by atoms with E-state index in [1.807, 2.05) is 141 Å². The second-order valence-electron chi connectivity index (χ2n) is 8.81. The van der Waals surface area contributed by atoms with Gasteiger partial charge in [-0.3, -0.25) is 0 Å². The molecule has 0 spiro atoms. The van der Waals surface area contributed by atoms with Gasteiger partial charge in [-0.05, 0) is 90.4 Å². The van der Waals surface area contributed by atoms with Gasteiger partial charge in [0, 0.05) is 23.0 Å². The number of nitrogens with zero attached hydrogens (tertiary/aromatic N) is 4. The van der Waals surface area contributed by atoms with E-state index in [-0.39, 0.29) is 0 Å². The summed E-state index contributed by atoms with van der Waals surface area (Å²) < 4.78 is 72.4. The standard InChI is InChI=1S/C12F4N4.2C8H4I2S6/c13-9-7(5(1-17)2-18)10(14)12(16)8(11(9)15)6(3-19)4-20;2*9-3-4(10)14-7(13-3)8-15-5-6(16-8)12-2-1-11-5/h;2*1-2H2. The van der Waals surface area contributed by atoms with Crippen molar-refractivity contribution >= 4 is 243 Å². The van der Waals surface area contributed by atoms with Crippen molar-refractivity contribution in [3.05, 3.63) is 79.3 Å². The lowest BCUT2D eigenvalue weighted by Gasteiger charge is -2.08. The van der Waals surface area contributed by atoms with Crippen molar-refractivity contribution in [2.45, 2.75) is 0 Å². The van der Waals surface area contributed by atoms with Crippen molar-refractivity contribution in [3.8, 4) is 24.3 Å². The highest BCUT2D eigenvalue weighted by Gasteiger charge is 2.32. The SMILES string of the molecule is IC1=C(I)SC(=C2SC3=C(SCCS3)S2)S1.IC1=C(I)SC(=C2SC3=C(SCCS3)S2)S1.N#CC(C#N)=c1c(F)c(F)c(=C(C#N)C#N)c(F)c1F. The molecule has 0 aromatic heterocycles. The number of benzene rings is 1. The molecule has 24 heteroatoms. The second kappa shape index (κ2) is 21.5. The Labute approximate surface area is 401 Å². The van der Waals surface area contributed by atoms with Crippen molar-refractivity contribution in [2.24, 2.45) is 0 Å². The third kappa shape index (κ3) is 10.9. The average molecular weight is 1370 g/mol. The van der Waals surface area contributed by atoms with Gasteiger partial charge in [-0.1, -0.05) is 94.1 Å². The molecule has 6 heterocycles. The van der Waals surface area contributed by atoms with E-state index < -0.39 is 44.9 Å². The van der Waals surface area contributed by atoms with E-state index in [2.05, 4.69) is 90.4 Å². The van der Waals surface area contributed by atoms with Gasteiger partial charge in [0.1, 0.15) is 35.4 Å². The van der Waals surface area contributed by atoms with Gasteiger partial charge in [-0.2, -0.15) is 21.0 Å². The van der Waals surface area contributed by atoms with Crippen LogP contribution >= 0.6 is 232 Å².